The van der Waals surface area contributed by atoms with Crippen LogP contribution < -0.4 is 0 Å². The fourth-order valence-corrected chi connectivity index (χ4v) is 1.73. The van der Waals surface area contributed by atoms with Crippen molar-refractivity contribution in [1.29, 1.82) is 0 Å². The summed E-state index contributed by atoms with van der Waals surface area (Å²) in [4.78, 5) is 13.8. The number of hydrogen-bond donors (Lipinski definition) is 0. The van der Waals surface area contributed by atoms with Gasteiger partial charge in [-0.05, 0) is 18.8 Å². The van der Waals surface area contributed by atoms with E-state index in [1.165, 1.54) is 12.8 Å². The van der Waals surface area contributed by atoms with Crippen molar-refractivity contribution in [2.75, 3.05) is 20.2 Å². The fraction of sp³-hybridized carbons (Fsp3) is 0.538. The lowest BCUT2D eigenvalue weighted by Crippen LogP contribution is -2.33. The van der Waals surface area contributed by atoms with E-state index in [2.05, 4.69) is 11.1 Å². The lowest BCUT2D eigenvalue weighted by atomic mass is 10.3. The lowest BCUT2D eigenvalue weighted by molar-refractivity contribution is 0.0759. The summed E-state index contributed by atoms with van der Waals surface area (Å²) in [5.74, 6) is 3.46. The molecule has 18 heavy (non-hydrogen) atoms. The van der Waals surface area contributed by atoms with Crippen molar-refractivity contribution in [2.45, 2.75) is 19.4 Å². The first kappa shape index (κ1) is 12.7. The van der Waals surface area contributed by atoms with Crippen molar-refractivity contribution in [3.05, 3.63) is 17.5 Å². The Hall–Kier alpha value is -1.80. The molecule has 1 heterocycles. The summed E-state index contributed by atoms with van der Waals surface area (Å²) in [6.07, 6.45) is 7.62. The Balaban J connectivity index is 2.03. The molecule has 0 aromatic carbocycles. The molecule has 0 bridgehead atoms. The molecule has 0 spiro atoms. The van der Waals surface area contributed by atoms with Crippen molar-refractivity contribution in [3.8, 4) is 12.3 Å². The van der Waals surface area contributed by atoms with E-state index in [9.17, 15) is 4.79 Å². The maximum Gasteiger partial charge on any atom is 0.276 e. The molecule has 5 nitrogen and oxygen atoms in total. The number of methoxy groups -OCH3 is 1. The standard InChI is InChI=1S/C13H16N2O3/c1-3-6-15(8-10-4-5-10)13(16)12-7-11(9-17-2)18-14-12/h1,7,10H,4-6,8-9H2,2H3. The van der Waals surface area contributed by atoms with Gasteiger partial charge in [0, 0.05) is 19.7 Å². The maximum absolute atomic E-state index is 12.2. The number of rotatable bonds is 6. The number of carbonyl (C=O) groups excluding carboxylic acids is 1. The van der Waals surface area contributed by atoms with Crippen molar-refractivity contribution in [3.63, 3.8) is 0 Å². The van der Waals surface area contributed by atoms with Gasteiger partial charge in [0.1, 0.15) is 6.61 Å². The first-order valence-corrected chi connectivity index (χ1v) is 5.92. The highest BCUT2D eigenvalue weighted by Crippen LogP contribution is 2.30. The number of terminal acetylenes is 1. The summed E-state index contributed by atoms with van der Waals surface area (Å²) in [6.45, 7) is 1.31. The van der Waals surface area contributed by atoms with E-state index >= 15 is 0 Å². The van der Waals surface area contributed by atoms with E-state index in [0.717, 1.165) is 0 Å². The van der Waals surface area contributed by atoms with Gasteiger partial charge in [-0.2, -0.15) is 0 Å². The molecule has 0 atom stereocenters. The summed E-state index contributed by atoms with van der Waals surface area (Å²) >= 11 is 0. The zero-order valence-electron chi connectivity index (χ0n) is 10.4. The second kappa shape index (κ2) is 5.69. The largest absolute Gasteiger partial charge is 0.377 e. The molecule has 5 heteroatoms. The zero-order chi connectivity index (χ0) is 13.0. The molecule has 2 rings (SSSR count). The zero-order valence-corrected chi connectivity index (χ0v) is 10.4. The number of aromatic nitrogens is 1. The Morgan fingerprint density at radius 3 is 3.11 bits per heavy atom. The third-order valence-electron chi connectivity index (χ3n) is 2.81. The van der Waals surface area contributed by atoms with Crippen LogP contribution in [-0.2, 0) is 11.3 Å². The van der Waals surface area contributed by atoms with Gasteiger partial charge in [-0.3, -0.25) is 4.79 Å². The molecule has 0 N–H and O–H groups in total. The average Bonchev–Trinajstić information content (AvgIpc) is 3.05. The van der Waals surface area contributed by atoms with Crippen LogP contribution in [0.3, 0.4) is 0 Å². The van der Waals surface area contributed by atoms with Crippen molar-refractivity contribution in [2.24, 2.45) is 5.92 Å². The molecular formula is C13H16N2O3. The fourth-order valence-electron chi connectivity index (χ4n) is 1.73. The topological polar surface area (TPSA) is 55.6 Å². The van der Waals surface area contributed by atoms with Gasteiger partial charge in [0.25, 0.3) is 5.91 Å². The highest BCUT2D eigenvalue weighted by Gasteiger charge is 2.28. The van der Waals surface area contributed by atoms with E-state index in [-0.39, 0.29) is 11.6 Å². The van der Waals surface area contributed by atoms with Gasteiger partial charge in [-0.1, -0.05) is 11.1 Å². The first-order valence-electron chi connectivity index (χ1n) is 5.92. The SMILES string of the molecule is C#CCN(CC1CC1)C(=O)c1cc(COC)on1. The molecule has 1 aliphatic carbocycles. The molecule has 1 aliphatic rings. The van der Waals surface area contributed by atoms with Crippen LogP contribution in [0, 0.1) is 18.3 Å². The van der Waals surface area contributed by atoms with Crippen LogP contribution in [0.5, 0.6) is 0 Å². The molecular weight excluding hydrogens is 232 g/mol. The first-order chi connectivity index (χ1) is 8.74. The van der Waals surface area contributed by atoms with Crippen molar-refractivity contribution in [1.82, 2.24) is 10.1 Å². The molecule has 96 valence electrons. The minimum atomic E-state index is -0.175. The van der Waals surface area contributed by atoms with Crippen molar-refractivity contribution < 1.29 is 14.1 Å². The molecule has 1 aromatic rings. The normalized spacial score (nSPS) is 14.2. The van der Waals surface area contributed by atoms with Crippen LogP contribution in [0.2, 0.25) is 0 Å². The summed E-state index contributed by atoms with van der Waals surface area (Å²) in [6, 6.07) is 1.60. The maximum atomic E-state index is 12.2. The second-order valence-corrected chi connectivity index (χ2v) is 4.44. The Bertz CT molecular complexity index is 457. The Morgan fingerprint density at radius 1 is 1.72 bits per heavy atom. The minimum absolute atomic E-state index is 0.175. The Kier molecular flexibility index (Phi) is 4.00. The van der Waals surface area contributed by atoms with Gasteiger partial charge < -0.3 is 14.2 Å². The number of carbonyl (C=O) groups is 1. The third-order valence-corrected chi connectivity index (χ3v) is 2.81. The predicted octanol–water partition coefficient (Wildman–Crippen LogP) is 1.31. The van der Waals surface area contributed by atoms with Gasteiger partial charge >= 0.3 is 0 Å². The Morgan fingerprint density at radius 2 is 2.50 bits per heavy atom. The minimum Gasteiger partial charge on any atom is -0.377 e. The highest BCUT2D eigenvalue weighted by atomic mass is 16.5. The quantitative estimate of drug-likeness (QED) is 0.712. The van der Waals surface area contributed by atoms with Gasteiger partial charge in [-0.15, -0.1) is 6.42 Å². The van der Waals surface area contributed by atoms with E-state index < -0.39 is 0 Å². The van der Waals surface area contributed by atoms with E-state index in [1.54, 1.807) is 18.1 Å². The van der Waals surface area contributed by atoms with Crippen LogP contribution in [0.15, 0.2) is 10.6 Å². The van der Waals surface area contributed by atoms with E-state index in [4.69, 9.17) is 15.7 Å². The smallest absolute Gasteiger partial charge is 0.276 e. The molecule has 1 amide bonds. The van der Waals surface area contributed by atoms with Gasteiger partial charge in [-0.25, -0.2) is 0 Å². The van der Waals surface area contributed by atoms with Crippen LogP contribution in [0.4, 0.5) is 0 Å². The predicted molar refractivity (Wildman–Crippen MR) is 64.7 cm³/mol. The monoisotopic (exact) mass is 248 g/mol. The van der Waals surface area contributed by atoms with E-state index in [0.29, 0.717) is 31.4 Å². The molecule has 0 aliphatic heterocycles. The van der Waals surface area contributed by atoms with Crippen LogP contribution in [-0.4, -0.2) is 36.2 Å². The number of nitrogens with zero attached hydrogens (tertiary/aromatic N) is 2. The van der Waals surface area contributed by atoms with Crippen LogP contribution >= 0.6 is 0 Å². The average molecular weight is 248 g/mol. The summed E-state index contributed by atoms with van der Waals surface area (Å²) < 4.78 is 9.91. The second-order valence-electron chi connectivity index (χ2n) is 4.44. The van der Waals surface area contributed by atoms with Crippen LogP contribution in [0.1, 0.15) is 29.1 Å². The molecule has 0 saturated heterocycles. The molecule has 1 aromatic heterocycles. The van der Waals surface area contributed by atoms with Gasteiger partial charge in [0.05, 0.1) is 6.54 Å². The van der Waals surface area contributed by atoms with Crippen LogP contribution in [0.25, 0.3) is 0 Å². The number of hydrogen-bond acceptors (Lipinski definition) is 4. The number of amides is 1. The Labute approximate surface area is 106 Å². The number of ether oxygens (including phenoxy) is 1. The molecule has 1 saturated carbocycles. The summed E-state index contributed by atoms with van der Waals surface area (Å²) in [5, 5.41) is 3.75. The van der Waals surface area contributed by atoms with E-state index in [1.807, 2.05) is 0 Å². The summed E-state index contributed by atoms with van der Waals surface area (Å²) in [5.41, 5.74) is 0.290. The molecule has 0 unspecified atom stereocenters. The van der Waals surface area contributed by atoms with Crippen molar-refractivity contribution >= 4 is 5.91 Å². The summed E-state index contributed by atoms with van der Waals surface area (Å²) in [7, 11) is 1.56. The van der Waals surface area contributed by atoms with Gasteiger partial charge in [0.2, 0.25) is 0 Å². The molecule has 1 fully saturated rings. The molecule has 0 radical (unpaired) electrons. The lowest BCUT2D eigenvalue weighted by Gasteiger charge is -2.18. The third kappa shape index (κ3) is 3.11. The van der Waals surface area contributed by atoms with Gasteiger partial charge in [0.15, 0.2) is 11.5 Å². The highest BCUT2D eigenvalue weighted by molar-refractivity contribution is 5.92.